The smallest absolute Gasteiger partial charge is 0.258 e. The molecule has 0 aliphatic rings. The number of methoxy groups -OCH3 is 1. The maximum atomic E-state index is 14.8. The SMILES string of the molecule is COc1ccc(Br)cc1CCc1c(F)cccc1C(=O)NC(=N)NCCCCN(CCN(C)C)Cc1ccccc1. The van der Waals surface area contributed by atoms with E-state index in [9.17, 15) is 9.18 Å². The van der Waals surface area contributed by atoms with Crippen molar-refractivity contribution in [2.24, 2.45) is 0 Å². The average molecular weight is 627 g/mol. The van der Waals surface area contributed by atoms with Gasteiger partial charge in [-0.2, -0.15) is 0 Å². The fourth-order valence-corrected chi connectivity index (χ4v) is 4.99. The summed E-state index contributed by atoms with van der Waals surface area (Å²) in [5.41, 5.74) is 2.75. The maximum absolute atomic E-state index is 14.8. The van der Waals surface area contributed by atoms with Crippen molar-refractivity contribution in [2.45, 2.75) is 32.2 Å². The first-order valence-electron chi connectivity index (χ1n) is 13.9. The third-order valence-electron chi connectivity index (χ3n) is 6.80. The van der Waals surface area contributed by atoms with Gasteiger partial charge in [-0.15, -0.1) is 0 Å². The van der Waals surface area contributed by atoms with Gasteiger partial charge in [0.2, 0.25) is 0 Å². The Balaban J connectivity index is 1.48. The summed E-state index contributed by atoms with van der Waals surface area (Å²) in [4.78, 5) is 17.6. The number of halogens is 2. The molecule has 0 aliphatic heterocycles. The first-order valence-corrected chi connectivity index (χ1v) is 14.7. The summed E-state index contributed by atoms with van der Waals surface area (Å²) in [5, 5.41) is 13.8. The molecule has 3 N–H and O–H groups in total. The van der Waals surface area contributed by atoms with Gasteiger partial charge in [0.05, 0.1) is 7.11 Å². The van der Waals surface area contributed by atoms with Gasteiger partial charge < -0.3 is 15.0 Å². The number of aryl methyl sites for hydroxylation is 1. The van der Waals surface area contributed by atoms with Crippen LogP contribution in [0.5, 0.6) is 5.75 Å². The highest BCUT2D eigenvalue weighted by Gasteiger charge is 2.17. The fraction of sp³-hybridized carbons (Fsp3) is 0.375. The summed E-state index contributed by atoms with van der Waals surface area (Å²) in [6.45, 7) is 4.37. The van der Waals surface area contributed by atoms with Crippen LogP contribution < -0.4 is 15.4 Å². The van der Waals surface area contributed by atoms with Gasteiger partial charge in [-0.25, -0.2) is 4.39 Å². The Morgan fingerprint density at radius 3 is 2.49 bits per heavy atom. The minimum Gasteiger partial charge on any atom is -0.496 e. The number of guanidine groups is 1. The van der Waals surface area contributed by atoms with E-state index >= 15 is 0 Å². The van der Waals surface area contributed by atoms with Crippen LogP contribution in [-0.4, -0.2) is 69.1 Å². The van der Waals surface area contributed by atoms with Crippen molar-refractivity contribution in [3.63, 3.8) is 0 Å². The van der Waals surface area contributed by atoms with E-state index in [4.69, 9.17) is 10.1 Å². The summed E-state index contributed by atoms with van der Waals surface area (Å²) in [7, 11) is 5.76. The molecule has 220 valence electrons. The monoisotopic (exact) mass is 625 g/mol. The third-order valence-corrected chi connectivity index (χ3v) is 7.30. The summed E-state index contributed by atoms with van der Waals surface area (Å²) >= 11 is 3.47. The molecule has 0 saturated heterocycles. The molecular formula is C32H41BrFN5O2. The molecular weight excluding hydrogens is 585 g/mol. The van der Waals surface area contributed by atoms with Crippen LogP contribution >= 0.6 is 15.9 Å². The van der Waals surface area contributed by atoms with Crippen molar-refractivity contribution in [1.29, 1.82) is 5.41 Å². The van der Waals surface area contributed by atoms with Crippen molar-refractivity contribution < 1.29 is 13.9 Å². The lowest BCUT2D eigenvalue weighted by Crippen LogP contribution is -2.41. The third kappa shape index (κ3) is 10.9. The zero-order valence-corrected chi connectivity index (χ0v) is 25.8. The van der Waals surface area contributed by atoms with Crippen LogP contribution in [0.3, 0.4) is 0 Å². The van der Waals surface area contributed by atoms with Crippen molar-refractivity contribution in [3.8, 4) is 5.75 Å². The summed E-state index contributed by atoms with van der Waals surface area (Å²) in [6.07, 6.45) is 2.62. The lowest BCUT2D eigenvalue weighted by atomic mass is 9.98. The molecule has 0 heterocycles. The molecule has 3 rings (SSSR count). The Hall–Kier alpha value is -3.27. The highest BCUT2D eigenvalue weighted by atomic mass is 79.9. The standard InChI is InChI=1S/C32H41BrFN5O2/c1-38(2)20-21-39(23-24-10-5-4-6-11-24)19-8-7-18-36-32(35)37-31(40)28-12-9-13-29(34)27(28)16-14-25-22-26(33)15-17-30(25)41-3/h4-6,9-13,15,17,22H,7-8,14,16,18-21,23H2,1-3H3,(H3,35,36,37,40). The normalized spacial score (nSPS) is 11.1. The molecule has 1 amide bonds. The molecule has 0 fully saturated rings. The largest absolute Gasteiger partial charge is 0.496 e. The van der Waals surface area contributed by atoms with Gasteiger partial charge in [-0.1, -0.05) is 52.3 Å². The summed E-state index contributed by atoms with van der Waals surface area (Å²) in [5.74, 6) is -0.327. The number of carbonyl (C=O) groups is 1. The van der Waals surface area contributed by atoms with E-state index in [2.05, 4.69) is 74.7 Å². The van der Waals surface area contributed by atoms with Gasteiger partial charge in [-0.05, 0) is 87.8 Å². The van der Waals surface area contributed by atoms with E-state index < -0.39 is 11.7 Å². The van der Waals surface area contributed by atoms with Gasteiger partial charge >= 0.3 is 0 Å². The molecule has 7 nitrogen and oxygen atoms in total. The Labute approximate surface area is 251 Å². The topological polar surface area (TPSA) is 80.7 Å². The molecule has 41 heavy (non-hydrogen) atoms. The van der Waals surface area contributed by atoms with Crippen LogP contribution in [0.2, 0.25) is 0 Å². The second-order valence-corrected chi connectivity index (χ2v) is 11.2. The number of nitrogens with zero attached hydrogens (tertiary/aromatic N) is 2. The first kappa shape index (κ1) is 32.2. The van der Waals surface area contributed by atoms with Gasteiger partial charge in [0, 0.05) is 41.8 Å². The Morgan fingerprint density at radius 2 is 1.76 bits per heavy atom. The van der Waals surface area contributed by atoms with E-state index in [1.54, 1.807) is 13.2 Å². The van der Waals surface area contributed by atoms with Gasteiger partial charge in [0.25, 0.3) is 5.91 Å². The number of nitrogens with one attached hydrogen (secondary N) is 3. The Kier molecular flexibility index (Phi) is 13.3. The quantitative estimate of drug-likeness (QED) is 0.118. The lowest BCUT2D eigenvalue weighted by molar-refractivity contribution is 0.0974. The predicted octanol–water partition coefficient (Wildman–Crippen LogP) is 5.48. The van der Waals surface area contributed by atoms with E-state index in [-0.39, 0.29) is 11.5 Å². The number of likely N-dealkylation sites (N-methyl/N-ethyl adjacent to an activating group) is 1. The number of rotatable bonds is 15. The number of unbranched alkanes of at least 4 members (excludes halogenated alkanes) is 1. The second kappa shape index (κ2) is 16.9. The van der Waals surface area contributed by atoms with Crippen molar-refractivity contribution in [1.82, 2.24) is 20.4 Å². The molecule has 3 aromatic rings. The lowest BCUT2D eigenvalue weighted by Gasteiger charge is -2.24. The van der Waals surface area contributed by atoms with Crippen LogP contribution in [0.4, 0.5) is 4.39 Å². The van der Waals surface area contributed by atoms with Gasteiger partial charge in [-0.3, -0.25) is 20.4 Å². The van der Waals surface area contributed by atoms with E-state index in [0.717, 1.165) is 49.1 Å². The van der Waals surface area contributed by atoms with Crippen molar-refractivity contribution in [2.75, 3.05) is 47.4 Å². The molecule has 0 bridgehead atoms. The first-order chi connectivity index (χ1) is 19.8. The number of benzene rings is 3. The summed E-state index contributed by atoms with van der Waals surface area (Å²) in [6, 6.07) is 20.6. The molecule has 0 aliphatic carbocycles. The highest BCUT2D eigenvalue weighted by Crippen LogP contribution is 2.25. The number of amides is 1. The molecule has 0 spiro atoms. The maximum Gasteiger partial charge on any atom is 0.258 e. The van der Waals surface area contributed by atoms with E-state index in [1.807, 2.05) is 24.3 Å². The van der Waals surface area contributed by atoms with Crippen LogP contribution in [0.25, 0.3) is 0 Å². The summed E-state index contributed by atoms with van der Waals surface area (Å²) < 4.78 is 21.1. The zero-order chi connectivity index (χ0) is 29.6. The minimum atomic E-state index is -0.504. The van der Waals surface area contributed by atoms with Gasteiger partial charge in [0.15, 0.2) is 5.96 Å². The molecule has 3 aromatic carbocycles. The minimum absolute atomic E-state index is 0.0902. The van der Waals surface area contributed by atoms with Crippen LogP contribution in [0.15, 0.2) is 71.2 Å². The Morgan fingerprint density at radius 1 is 0.976 bits per heavy atom. The second-order valence-electron chi connectivity index (χ2n) is 10.3. The molecule has 0 unspecified atom stereocenters. The van der Waals surface area contributed by atoms with Crippen LogP contribution in [0, 0.1) is 11.2 Å². The Bertz CT molecular complexity index is 1270. The van der Waals surface area contributed by atoms with E-state index in [0.29, 0.717) is 30.7 Å². The van der Waals surface area contributed by atoms with Crippen LogP contribution in [0.1, 0.15) is 39.9 Å². The van der Waals surface area contributed by atoms with Crippen molar-refractivity contribution in [3.05, 3.63) is 99.3 Å². The number of carbonyl (C=O) groups excluding carboxylic acids is 1. The number of ether oxygens (including phenoxy) is 1. The van der Waals surface area contributed by atoms with Crippen molar-refractivity contribution >= 4 is 27.8 Å². The fourth-order valence-electron chi connectivity index (χ4n) is 4.58. The molecule has 0 radical (unpaired) electrons. The highest BCUT2D eigenvalue weighted by molar-refractivity contribution is 9.10. The predicted molar refractivity (Wildman–Crippen MR) is 167 cm³/mol. The molecule has 0 atom stereocenters. The number of hydrogen-bond donors (Lipinski definition) is 3. The number of hydrogen-bond acceptors (Lipinski definition) is 5. The zero-order valence-electron chi connectivity index (χ0n) is 24.2. The molecule has 0 saturated carbocycles. The van der Waals surface area contributed by atoms with E-state index in [1.165, 1.54) is 17.7 Å². The average Bonchev–Trinajstić information content (AvgIpc) is 2.95. The van der Waals surface area contributed by atoms with Crippen LogP contribution in [-0.2, 0) is 19.4 Å². The molecule has 9 heteroatoms. The molecule has 0 aromatic heterocycles. The van der Waals surface area contributed by atoms with Gasteiger partial charge in [0.1, 0.15) is 11.6 Å².